The molecule has 0 aliphatic heterocycles. The number of thioether (sulfide) groups is 1. The van der Waals surface area contributed by atoms with Gasteiger partial charge >= 0.3 is 0 Å². The highest BCUT2D eigenvalue weighted by atomic mass is 32.2. The largest absolute Gasteiger partial charge is 0.293 e. The second kappa shape index (κ2) is 7.89. The van der Waals surface area contributed by atoms with Gasteiger partial charge in [0.2, 0.25) is 0 Å². The molecular formula is C19H16N2O4S2. The van der Waals surface area contributed by atoms with Crippen molar-refractivity contribution in [3.63, 3.8) is 0 Å². The van der Waals surface area contributed by atoms with Gasteiger partial charge in [0.25, 0.3) is 10.0 Å². The number of carbonyl (C=O) groups is 2. The van der Waals surface area contributed by atoms with E-state index in [2.05, 4.69) is 9.71 Å². The number of pyridine rings is 1. The third-order valence-electron chi connectivity index (χ3n) is 3.75. The molecule has 0 fully saturated rings. The first-order valence-electron chi connectivity index (χ1n) is 8.00. The van der Waals surface area contributed by atoms with Crippen LogP contribution in [0.2, 0.25) is 0 Å². The number of Topliss-reactive ketones (excluding diaryl/α,β-unsaturated/α-hetero) is 1. The highest BCUT2D eigenvalue weighted by Gasteiger charge is 2.18. The summed E-state index contributed by atoms with van der Waals surface area (Å²) in [4.78, 5) is 27.2. The number of fused-ring (bicyclic) bond motifs is 1. The summed E-state index contributed by atoms with van der Waals surface area (Å²) in [5, 5.41) is 0.598. The Morgan fingerprint density at radius 1 is 1.04 bits per heavy atom. The van der Waals surface area contributed by atoms with Crippen LogP contribution >= 0.6 is 11.8 Å². The number of hydrogen-bond donors (Lipinski definition) is 1. The van der Waals surface area contributed by atoms with Crippen LogP contribution in [0.4, 0.5) is 5.69 Å². The molecular weight excluding hydrogens is 384 g/mol. The first kappa shape index (κ1) is 19.1. The maximum absolute atomic E-state index is 12.8. The van der Waals surface area contributed by atoms with Crippen molar-refractivity contribution in [1.82, 2.24) is 4.98 Å². The summed E-state index contributed by atoms with van der Waals surface area (Å²) in [6.07, 6.45) is 1.54. The van der Waals surface area contributed by atoms with Gasteiger partial charge in [-0.1, -0.05) is 30.0 Å². The second-order valence-electron chi connectivity index (χ2n) is 5.72. The van der Waals surface area contributed by atoms with Crippen LogP contribution in [-0.2, 0) is 14.8 Å². The van der Waals surface area contributed by atoms with Gasteiger partial charge in [-0.25, -0.2) is 8.42 Å². The van der Waals surface area contributed by atoms with Gasteiger partial charge in [0.05, 0.1) is 11.3 Å². The number of rotatable bonds is 6. The molecule has 1 heterocycles. The molecule has 138 valence electrons. The molecule has 0 radical (unpaired) electrons. The van der Waals surface area contributed by atoms with Crippen LogP contribution in [0.15, 0.2) is 65.7 Å². The lowest BCUT2D eigenvalue weighted by Crippen LogP contribution is -2.14. The summed E-state index contributed by atoms with van der Waals surface area (Å²) in [5.41, 5.74) is 1.14. The maximum Gasteiger partial charge on any atom is 0.264 e. The van der Waals surface area contributed by atoms with Crippen molar-refractivity contribution >= 4 is 49.3 Å². The number of ketones is 1. The number of hydrogen-bond acceptors (Lipinski definition) is 6. The van der Waals surface area contributed by atoms with Crippen molar-refractivity contribution in [1.29, 1.82) is 0 Å². The third-order valence-corrected chi connectivity index (χ3v) is 5.98. The summed E-state index contributed by atoms with van der Waals surface area (Å²) >= 11 is 0.940. The first-order valence-corrected chi connectivity index (χ1v) is 10.5. The van der Waals surface area contributed by atoms with Crippen LogP contribution in [0.3, 0.4) is 0 Å². The van der Waals surface area contributed by atoms with Gasteiger partial charge in [-0.05, 0) is 36.4 Å². The van der Waals surface area contributed by atoms with E-state index in [9.17, 15) is 18.0 Å². The number of nitrogens with one attached hydrogen (secondary N) is 1. The zero-order valence-corrected chi connectivity index (χ0v) is 16.0. The van der Waals surface area contributed by atoms with Crippen LogP contribution in [0.5, 0.6) is 0 Å². The summed E-state index contributed by atoms with van der Waals surface area (Å²) < 4.78 is 28.0. The molecule has 0 bridgehead atoms. The second-order valence-corrected chi connectivity index (χ2v) is 8.52. The van der Waals surface area contributed by atoms with Gasteiger partial charge in [0.15, 0.2) is 10.9 Å². The average Bonchev–Trinajstić information content (AvgIpc) is 2.66. The molecule has 0 saturated heterocycles. The van der Waals surface area contributed by atoms with Crippen molar-refractivity contribution in [2.45, 2.75) is 11.8 Å². The third kappa shape index (κ3) is 4.53. The van der Waals surface area contributed by atoms with Crippen LogP contribution in [0, 0.1) is 0 Å². The molecule has 6 nitrogen and oxygen atoms in total. The van der Waals surface area contributed by atoms with E-state index in [0.717, 1.165) is 17.1 Å². The molecule has 0 amide bonds. The Labute approximate surface area is 161 Å². The monoisotopic (exact) mass is 400 g/mol. The first-order chi connectivity index (χ1) is 12.9. The van der Waals surface area contributed by atoms with Gasteiger partial charge in [0.1, 0.15) is 4.90 Å². The van der Waals surface area contributed by atoms with Crippen molar-refractivity contribution < 1.29 is 18.0 Å². The molecule has 0 unspecified atom stereocenters. The number of anilines is 1. The number of nitrogens with zero attached hydrogens (tertiary/aromatic N) is 1. The average molecular weight is 400 g/mol. The smallest absolute Gasteiger partial charge is 0.264 e. The zero-order chi connectivity index (χ0) is 19.4. The number of carbonyl (C=O) groups excluding carboxylic acids is 2. The van der Waals surface area contributed by atoms with Crippen LogP contribution < -0.4 is 4.72 Å². The van der Waals surface area contributed by atoms with Crippen LogP contribution in [0.25, 0.3) is 10.9 Å². The molecule has 0 saturated carbocycles. The van der Waals surface area contributed by atoms with Crippen LogP contribution in [0.1, 0.15) is 17.3 Å². The Hall–Kier alpha value is -2.71. The molecule has 27 heavy (non-hydrogen) atoms. The van der Waals surface area contributed by atoms with E-state index >= 15 is 0 Å². The number of benzene rings is 2. The van der Waals surface area contributed by atoms with Gasteiger partial charge in [-0.3, -0.25) is 19.3 Å². The fourth-order valence-corrected chi connectivity index (χ4v) is 4.22. The Balaban J connectivity index is 1.82. The topological polar surface area (TPSA) is 93.2 Å². The zero-order valence-electron chi connectivity index (χ0n) is 14.4. The summed E-state index contributed by atoms with van der Waals surface area (Å²) in [6.45, 7) is 1.40. The minimum absolute atomic E-state index is 0.0576. The van der Waals surface area contributed by atoms with Crippen molar-refractivity contribution in [2.75, 3.05) is 10.5 Å². The minimum atomic E-state index is -3.84. The van der Waals surface area contributed by atoms with E-state index in [1.54, 1.807) is 30.5 Å². The van der Waals surface area contributed by atoms with E-state index in [1.807, 2.05) is 0 Å². The van der Waals surface area contributed by atoms with E-state index in [-0.39, 0.29) is 21.5 Å². The van der Waals surface area contributed by atoms with E-state index in [4.69, 9.17) is 0 Å². The molecule has 0 atom stereocenters. The lowest BCUT2D eigenvalue weighted by Gasteiger charge is -2.10. The van der Waals surface area contributed by atoms with Gasteiger partial charge in [0, 0.05) is 29.8 Å². The molecule has 1 N–H and O–H groups in total. The fraction of sp³-hybridized carbons (Fsp3) is 0.105. The predicted octanol–water partition coefficient (Wildman–Crippen LogP) is 3.50. The molecule has 3 aromatic rings. The number of aromatic nitrogens is 1. The molecule has 1 aromatic heterocycles. The molecule has 0 spiro atoms. The SMILES string of the molecule is CC(=O)SCC(=O)c1ccc(NS(=O)(=O)c2cccc3cccnc23)cc1. The van der Waals surface area contributed by atoms with Gasteiger partial charge < -0.3 is 0 Å². The lowest BCUT2D eigenvalue weighted by molar-refractivity contribution is -0.109. The summed E-state index contributed by atoms with van der Waals surface area (Å²) in [6, 6.07) is 14.6. The van der Waals surface area contributed by atoms with Crippen molar-refractivity contribution in [2.24, 2.45) is 0 Å². The Morgan fingerprint density at radius 2 is 1.74 bits per heavy atom. The normalized spacial score (nSPS) is 11.3. The highest BCUT2D eigenvalue weighted by Crippen LogP contribution is 2.23. The predicted molar refractivity (Wildman–Crippen MR) is 106 cm³/mol. The van der Waals surface area contributed by atoms with E-state index in [1.165, 1.54) is 37.3 Å². The quantitative estimate of drug-likeness (QED) is 0.637. The summed E-state index contributed by atoms with van der Waals surface area (Å²) in [5.74, 6) is -0.134. The Morgan fingerprint density at radius 3 is 2.44 bits per heavy atom. The number of sulfonamides is 1. The Bertz CT molecular complexity index is 1100. The Kier molecular flexibility index (Phi) is 5.57. The van der Waals surface area contributed by atoms with Crippen LogP contribution in [-0.4, -0.2) is 30.1 Å². The molecule has 2 aromatic carbocycles. The molecule has 3 rings (SSSR count). The van der Waals surface area contributed by atoms with Gasteiger partial charge in [-0.2, -0.15) is 0 Å². The molecule has 0 aliphatic carbocycles. The fourth-order valence-electron chi connectivity index (χ4n) is 2.48. The standard InChI is InChI=1S/C19H16N2O4S2/c1-13(22)26-12-17(23)14-7-9-16(10-8-14)21-27(24,25)18-6-2-4-15-5-3-11-20-19(15)18/h2-11,21H,12H2,1H3. The minimum Gasteiger partial charge on any atom is -0.293 e. The summed E-state index contributed by atoms with van der Waals surface area (Å²) in [7, 11) is -3.84. The van der Waals surface area contributed by atoms with Gasteiger partial charge in [-0.15, -0.1) is 0 Å². The van der Waals surface area contributed by atoms with E-state index in [0.29, 0.717) is 16.8 Å². The van der Waals surface area contributed by atoms with E-state index < -0.39 is 10.0 Å². The molecule has 8 heteroatoms. The lowest BCUT2D eigenvalue weighted by atomic mass is 10.1. The number of para-hydroxylation sites is 1. The van der Waals surface area contributed by atoms with Crippen molar-refractivity contribution in [3.8, 4) is 0 Å². The maximum atomic E-state index is 12.8. The highest BCUT2D eigenvalue weighted by molar-refractivity contribution is 8.14. The van der Waals surface area contributed by atoms with Crippen molar-refractivity contribution in [3.05, 3.63) is 66.4 Å². The molecule has 0 aliphatic rings.